The minimum absolute atomic E-state index is 0.154. The fourth-order valence-corrected chi connectivity index (χ4v) is 3.79. The highest BCUT2D eigenvalue weighted by molar-refractivity contribution is 5.92. The van der Waals surface area contributed by atoms with Crippen molar-refractivity contribution in [2.75, 3.05) is 18.4 Å². The number of rotatable bonds is 3. The molecule has 25 heavy (non-hydrogen) atoms. The van der Waals surface area contributed by atoms with E-state index in [0.717, 1.165) is 37.8 Å². The highest BCUT2D eigenvalue weighted by Crippen LogP contribution is 2.28. The van der Waals surface area contributed by atoms with E-state index in [9.17, 15) is 18.4 Å². The molecule has 136 valence electrons. The van der Waals surface area contributed by atoms with Gasteiger partial charge in [0.15, 0.2) is 11.6 Å². The summed E-state index contributed by atoms with van der Waals surface area (Å²) in [5.41, 5.74) is 0.254. The zero-order valence-electron chi connectivity index (χ0n) is 14.3. The molecule has 1 aromatic rings. The Labute approximate surface area is 146 Å². The molecule has 0 unspecified atom stereocenters. The molecular weight excluding hydrogens is 326 g/mol. The average molecular weight is 350 g/mol. The number of amides is 2. The van der Waals surface area contributed by atoms with Gasteiger partial charge in [-0.2, -0.15) is 0 Å². The van der Waals surface area contributed by atoms with Gasteiger partial charge in [0.05, 0.1) is 0 Å². The van der Waals surface area contributed by atoms with Crippen molar-refractivity contribution in [1.82, 2.24) is 4.90 Å². The third-order valence-corrected chi connectivity index (χ3v) is 5.32. The molecule has 1 saturated carbocycles. The van der Waals surface area contributed by atoms with Gasteiger partial charge in [0.2, 0.25) is 11.8 Å². The Morgan fingerprint density at radius 3 is 2.24 bits per heavy atom. The summed E-state index contributed by atoms with van der Waals surface area (Å²) in [6.45, 7) is 1.18. The molecule has 1 aromatic carbocycles. The Balaban J connectivity index is 1.50. The predicted octanol–water partition coefficient (Wildman–Crippen LogP) is 3.72. The van der Waals surface area contributed by atoms with Crippen LogP contribution in [0.1, 0.15) is 44.9 Å². The van der Waals surface area contributed by atoms with Gasteiger partial charge < -0.3 is 10.2 Å². The van der Waals surface area contributed by atoms with E-state index in [1.165, 1.54) is 12.5 Å². The van der Waals surface area contributed by atoms with Gasteiger partial charge in [0, 0.05) is 36.7 Å². The second-order valence-electron chi connectivity index (χ2n) is 7.05. The quantitative estimate of drug-likeness (QED) is 0.903. The first-order chi connectivity index (χ1) is 12.0. The molecule has 0 aromatic heterocycles. The van der Waals surface area contributed by atoms with Gasteiger partial charge in [-0.1, -0.05) is 19.3 Å². The zero-order valence-corrected chi connectivity index (χ0v) is 14.3. The Bertz CT molecular complexity index is 636. The molecule has 3 rings (SSSR count). The van der Waals surface area contributed by atoms with E-state index in [4.69, 9.17) is 0 Å². The molecule has 1 saturated heterocycles. The van der Waals surface area contributed by atoms with Crippen molar-refractivity contribution in [2.24, 2.45) is 11.8 Å². The van der Waals surface area contributed by atoms with Crippen LogP contribution >= 0.6 is 0 Å². The smallest absolute Gasteiger partial charge is 0.227 e. The van der Waals surface area contributed by atoms with Crippen LogP contribution in [0.25, 0.3) is 0 Å². The van der Waals surface area contributed by atoms with Crippen molar-refractivity contribution in [3.05, 3.63) is 29.8 Å². The number of hydrogen-bond donors (Lipinski definition) is 1. The minimum atomic E-state index is -0.981. The molecule has 4 nitrogen and oxygen atoms in total. The zero-order chi connectivity index (χ0) is 17.8. The van der Waals surface area contributed by atoms with E-state index in [2.05, 4.69) is 5.32 Å². The molecule has 2 fully saturated rings. The second kappa shape index (κ2) is 7.93. The molecule has 6 heteroatoms. The van der Waals surface area contributed by atoms with Gasteiger partial charge in [-0.05, 0) is 37.8 Å². The molecule has 0 spiro atoms. The average Bonchev–Trinajstić information content (AvgIpc) is 2.65. The molecule has 0 atom stereocenters. The lowest BCUT2D eigenvalue weighted by atomic mass is 9.87. The van der Waals surface area contributed by atoms with Gasteiger partial charge in [-0.15, -0.1) is 0 Å². The molecular formula is C19H24F2N2O2. The van der Waals surface area contributed by atoms with Crippen molar-refractivity contribution < 1.29 is 18.4 Å². The number of anilines is 1. The summed E-state index contributed by atoms with van der Waals surface area (Å²) in [6.07, 6.45) is 6.65. The molecule has 2 amide bonds. The number of nitrogens with zero attached hydrogens (tertiary/aromatic N) is 1. The van der Waals surface area contributed by atoms with Crippen LogP contribution in [0.2, 0.25) is 0 Å². The summed E-state index contributed by atoms with van der Waals surface area (Å²) in [7, 11) is 0. The summed E-state index contributed by atoms with van der Waals surface area (Å²) in [4.78, 5) is 26.7. The van der Waals surface area contributed by atoms with E-state index in [1.54, 1.807) is 0 Å². The Kier molecular flexibility index (Phi) is 5.66. The van der Waals surface area contributed by atoms with Gasteiger partial charge in [0.1, 0.15) is 0 Å². The number of halogens is 2. The number of piperidine rings is 1. The van der Waals surface area contributed by atoms with Crippen LogP contribution in [0.5, 0.6) is 0 Å². The summed E-state index contributed by atoms with van der Waals surface area (Å²) < 4.78 is 26.2. The van der Waals surface area contributed by atoms with Crippen LogP contribution in [0.15, 0.2) is 18.2 Å². The van der Waals surface area contributed by atoms with Crippen LogP contribution in [-0.2, 0) is 9.59 Å². The van der Waals surface area contributed by atoms with Crippen LogP contribution in [0.4, 0.5) is 14.5 Å². The van der Waals surface area contributed by atoms with Crippen LogP contribution in [0, 0.1) is 23.5 Å². The Morgan fingerprint density at radius 2 is 1.60 bits per heavy atom. The van der Waals surface area contributed by atoms with Gasteiger partial charge in [0.25, 0.3) is 0 Å². The molecule has 1 aliphatic heterocycles. The maximum atomic E-state index is 13.2. The summed E-state index contributed by atoms with van der Waals surface area (Å²) in [6, 6.07) is 3.32. The first-order valence-corrected chi connectivity index (χ1v) is 9.09. The highest BCUT2D eigenvalue weighted by Gasteiger charge is 2.31. The lowest BCUT2D eigenvalue weighted by Gasteiger charge is -2.34. The van der Waals surface area contributed by atoms with Gasteiger partial charge in [-0.3, -0.25) is 9.59 Å². The molecule has 1 N–H and O–H groups in total. The van der Waals surface area contributed by atoms with Crippen molar-refractivity contribution in [2.45, 2.75) is 44.9 Å². The molecule has 1 aliphatic carbocycles. The lowest BCUT2D eigenvalue weighted by Crippen LogP contribution is -2.44. The third-order valence-electron chi connectivity index (χ3n) is 5.32. The third kappa shape index (κ3) is 4.35. The summed E-state index contributed by atoms with van der Waals surface area (Å²) in [5.74, 6) is -1.93. The minimum Gasteiger partial charge on any atom is -0.342 e. The highest BCUT2D eigenvalue weighted by atomic mass is 19.2. The SMILES string of the molecule is O=C(Nc1ccc(F)c(F)c1)C1CCN(C(=O)C2CCCCC2)CC1. The normalized spacial score (nSPS) is 19.7. The molecule has 2 aliphatic rings. The second-order valence-corrected chi connectivity index (χ2v) is 7.05. The van der Waals surface area contributed by atoms with E-state index in [1.807, 2.05) is 4.90 Å². The molecule has 1 heterocycles. The summed E-state index contributed by atoms with van der Waals surface area (Å²) >= 11 is 0. The first-order valence-electron chi connectivity index (χ1n) is 9.09. The first kappa shape index (κ1) is 17.8. The van der Waals surface area contributed by atoms with E-state index >= 15 is 0 Å². The largest absolute Gasteiger partial charge is 0.342 e. The van der Waals surface area contributed by atoms with Crippen molar-refractivity contribution >= 4 is 17.5 Å². The van der Waals surface area contributed by atoms with Crippen molar-refractivity contribution in [3.63, 3.8) is 0 Å². The van der Waals surface area contributed by atoms with Crippen LogP contribution < -0.4 is 5.32 Å². The van der Waals surface area contributed by atoms with E-state index in [-0.39, 0.29) is 29.3 Å². The standard InChI is InChI=1S/C19H24F2N2O2/c20-16-7-6-15(12-17(16)21)22-18(24)13-8-10-23(11-9-13)19(25)14-4-2-1-3-5-14/h6-7,12-14H,1-5,8-11H2,(H,22,24). The van der Waals surface area contributed by atoms with E-state index in [0.29, 0.717) is 25.9 Å². The van der Waals surface area contributed by atoms with Gasteiger partial charge in [-0.25, -0.2) is 8.78 Å². The molecule has 0 bridgehead atoms. The fraction of sp³-hybridized carbons (Fsp3) is 0.579. The number of likely N-dealkylation sites (tertiary alicyclic amines) is 1. The number of nitrogens with one attached hydrogen (secondary N) is 1. The maximum Gasteiger partial charge on any atom is 0.227 e. The predicted molar refractivity (Wildman–Crippen MR) is 90.9 cm³/mol. The van der Waals surface area contributed by atoms with Crippen molar-refractivity contribution in [3.8, 4) is 0 Å². The van der Waals surface area contributed by atoms with Gasteiger partial charge >= 0.3 is 0 Å². The lowest BCUT2D eigenvalue weighted by molar-refractivity contribution is -0.139. The number of hydrogen-bond acceptors (Lipinski definition) is 2. The number of carbonyl (C=O) groups excluding carboxylic acids is 2. The topological polar surface area (TPSA) is 49.4 Å². The number of carbonyl (C=O) groups is 2. The fourth-order valence-electron chi connectivity index (χ4n) is 3.79. The van der Waals surface area contributed by atoms with Crippen LogP contribution in [0.3, 0.4) is 0 Å². The monoisotopic (exact) mass is 350 g/mol. The Hall–Kier alpha value is -1.98. The van der Waals surface area contributed by atoms with Crippen molar-refractivity contribution in [1.29, 1.82) is 0 Å². The van der Waals surface area contributed by atoms with E-state index < -0.39 is 11.6 Å². The molecule has 0 radical (unpaired) electrons. The summed E-state index contributed by atoms with van der Waals surface area (Å²) in [5, 5.41) is 2.64. The number of benzene rings is 1. The maximum absolute atomic E-state index is 13.2. The van der Waals surface area contributed by atoms with Crippen LogP contribution in [-0.4, -0.2) is 29.8 Å². The Morgan fingerprint density at radius 1 is 0.920 bits per heavy atom.